The number of nitrogens with zero attached hydrogens (tertiary/aromatic N) is 4. The molecule has 2 N–H and O–H groups in total. The molecule has 1 amide bonds. The lowest BCUT2D eigenvalue weighted by atomic mass is 9.99. The molecule has 0 aromatic heterocycles. The van der Waals surface area contributed by atoms with Crippen molar-refractivity contribution in [3.05, 3.63) is 0 Å². The van der Waals surface area contributed by atoms with E-state index in [0.29, 0.717) is 38.1 Å². The first kappa shape index (κ1) is 18.8. The van der Waals surface area contributed by atoms with Gasteiger partial charge in [-0.05, 0) is 53.1 Å². The van der Waals surface area contributed by atoms with Gasteiger partial charge in [-0.25, -0.2) is 4.79 Å². The summed E-state index contributed by atoms with van der Waals surface area (Å²) in [6.45, 7) is 11.4. The number of piperazine rings is 1. The van der Waals surface area contributed by atoms with E-state index in [2.05, 4.69) is 21.8 Å². The highest BCUT2D eigenvalue weighted by molar-refractivity contribution is 5.78. The molecule has 2 heterocycles. The maximum Gasteiger partial charge on any atom is 0.410 e. The van der Waals surface area contributed by atoms with Crippen molar-refractivity contribution in [2.45, 2.75) is 39.2 Å². The molecule has 0 spiro atoms. The van der Waals surface area contributed by atoms with Gasteiger partial charge in [-0.15, -0.1) is 0 Å². The van der Waals surface area contributed by atoms with Gasteiger partial charge in [-0.1, -0.05) is 0 Å². The molecule has 1 unspecified atom stereocenters. The molecule has 7 heteroatoms. The summed E-state index contributed by atoms with van der Waals surface area (Å²) in [5, 5.41) is 0. The van der Waals surface area contributed by atoms with Gasteiger partial charge in [0.05, 0.1) is 0 Å². The summed E-state index contributed by atoms with van der Waals surface area (Å²) >= 11 is 0. The Morgan fingerprint density at radius 3 is 2.38 bits per heavy atom. The van der Waals surface area contributed by atoms with Gasteiger partial charge in [-0.2, -0.15) is 0 Å². The first-order valence-corrected chi connectivity index (χ1v) is 8.96. The second-order valence-corrected chi connectivity index (χ2v) is 7.92. The number of piperidine rings is 1. The third-order valence-electron chi connectivity index (χ3n) is 4.49. The summed E-state index contributed by atoms with van der Waals surface area (Å²) in [7, 11) is 2.16. The van der Waals surface area contributed by atoms with Gasteiger partial charge in [0, 0.05) is 39.3 Å². The second-order valence-electron chi connectivity index (χ2n) is 7.92. The molecule has 2 aliphatic heterocycles. The fraction of sp³-hybridized carbons (Fsp3) is 0.882. The Morgan fingerprint density at radius 2 is 1.79 bits per heavy atom. The van der Waals surface area contributed by atoms with E-state index in [-0.39, 0.29) is 6.09 Å². The smallest absolute Gasteiger partial charge is 0.410 e. The van der Waals surface area contributed by atoms with Gasteiger partial charge < -0.3 is 25.2 Å². The number of hydrogen-bond acceptors (Lipinski definition) is 4. The number of aliphatic imine (C=N–C) groups is 1. The number of likely N-dealkylation sites (tertiary alicyclic amines) is 1. The van der Waals surface area contributed by atoms with Crippen LogP contribution in [0.1, 0.15) is 33.6 Å². The molecular weight excluding hydrogens is 306 g/mol. The first-order valence-electron chi connectivity index (χ1n) is 8.96. The molecule has 0 bridgehead atoms. The van der Waals surface area contributed by atoms with E-state index in [4.69, 9.17) is 10.5 Å². The summed E-state index contributed by atoms with van der Waals surface area (Å²) < 4.78 is 5.41. The van der Waals surface area contributed by atoms with Crippen molar-refractivity contribution in [3.63, 3.8) is 0 Å². The molecule has 7 nitrogen and oxygen atoms in total. The highest BCUT2D eigenvalue weighted by Crippen LogP contribution is 2.15. The van der Waals surface area contributed by atoms with Crippen molar-refractivity contribution in [2.24, 2.45) is 16.6 Å². The van der Waals surface area contributed by atoms with Crippen LogP contribution >= 0.6 is 0 Å². The van der Waals surface area contributed by atoms with Gasteiger partial charge in [0.1, 0.15) is 5.60 Å². The predicted octanol–water partition coefficient (Wildman–Crippen LogP) is 1.20. The van der Waals surface area contributed by atoms with Crippen LogP contribution in [-0.2, 0) is 4.74 Å². The Labute approximate surface area is 145 Å². The largest absolute Gasteiger partial charge is 0.444 e. The Morgan fingerprint density at radius 1 is 1.17 bits per heavy atom. The maximum atomic E-state index is 12.1. The summed E-state index contributed by atoms with van der Waals surface area (Å²) in [5.74, 6) is 1.21. The van der Waals surface area contributed by atoms with E-state index < -0.39 is 5.60 Å². The highest BCUT2D eigenvalue weighted by atomic mass is 16.6. The molecule has 2 rings (SSSR count). The maximum absolute atomic E-state index is 12.1. The van der Waals surface area contributed by atoms with Gasteiger partial charge in [-0.3, -0.25) is 4.99 Å². The van der Waals surface area contributed by atoms with Crippen LogP contribution in [0.2, 0.25) is 0 Å². The van der Waals surface area contributed by atoms with Gasteiger partial charge in [0.2, 0.25) is 0 Å². The quantitative estimate of drug-likeness (QED) is 0.604. The monoisotopic (exact) mass is 339 g/mol. The van der Waals surface area contributed by atoms with Crippen molar-refractivity contribution in [2.75, 3.05) is 52.9 Å². The molecule has 0 aromatic carbocycles. The molecule has 0 aromatic rings. The molecule has 1 atom stereocenters. The zero-order valence-electron chi connectivity index (χ0n) is 15.6. The summed E-state index contributed by atoms with van der Waals surface area (Å²) in [4.78, 5) is 22.8. The second kappa shape index (κ2) is 8.05. The number of ether oxygens (including phenoxy) is 1. The average Bonchev–Trinajstić information content (AvgIpc) is 2.51. The lowest BCUT2D eigenvalue weighted by molar-refractivity contribution is 0.0186. The van der Waals surface area contributed by atoms with Crippen LogP contribution in [0.3, 0.4) is 0 Å². The van der Waals surface area contributed by atoms with E-state index in [1.54, 1.807) is 4.90 Å². The molecule has 24 heavy (non-hydrogen) atoms. The molecular formula is C17H33N5O2. The average molecular weight is 339 g/mol. The highest BCUT2D eigenvalue weighted by Gasteiger charge is 2.26. The number of carbonyl (C=O) groups excluding carboxylic acids is 1. The minimum absolute atomic E-state index is 0.247. The van der Waals surface area contributed by atoms with Crippen LogP contribution < -0.4 is 5.73 Å². The van der Waals surface area contributed by atoms with Crippen LogP contribution in [0.5, 0.6) is 0 Å². The van der Waals surface area contributed by atoms with Crippen LogP contribution in [0, 0.1) is 5.92 Å². The molecule has 2 aliphatic rings. The summed E-state index contributed by atoms with van der Waals surface area (Å²) in [6, 6.07) is 0. The van der Waals surface area contributed by atoms with E-state index in [0.717, 1.165) is 13.1 Å². The molecule has 2 fully saturated rings. The van der Waals surface area contributed by atoms with Crippen LogP contribution in [0.15, 0.2) is 4.99 Å². The Hall–Kier alpha value is -1.50. The van der Waals surface area contributed by atoms with Crippen molar-refractivity contribution in [1.29, 1.82) is 0 Å². The molecule has 0 radical (unpaired) electrons. The minimum Gasteiger partial charge on any atom is -0.444 e. The lowest BCUT2D eigenvalue weighted by Gasteiger charge is -2.36. The Kier molecular flexibility index (Phi) is 6.32. The first-order chi connectivity index (χ1) is 11.2. The number of guanidine groups is 1. The van der Waals surface area contributed by atoms with Gasteiger partial charge in [0.15, 0.2) is 5.96 Å². The van der Waals surface area contributed by atoms with Crippen LogP contribution in [-0.4, -0.2) is 85.2 Å². The van der Waals surface area contributed by atoms with E-state index in [1.807, 2.05) is 20.8 Å². The van der Waals surface area contributed by atoms with Gasteiger partial charge >= 0.3 is 6.09 Å². The lowest BCUT2D eigenvalue weighted by Crippen LogP contribution is -2.53. The number of amides is 1. The molecule has 0 aliphatic carbocycles. The van der Waals surface area contributed by atoms with Crippen LogP contribution in [0.4, 0.5) is 4.79 Å². The third-order valence-corrected chi connectivity index (χ3v) is 4.49. The van der Waals surface area contributed by atoms with E-state index >= 15 is 0 Å². The SMILES string of the molecule is CN1CCCC(CN=C(N)N2CCN(C(=O)OC(C)(C)C)CC2)C1. The number of hydrogen-bond donors (Lipinski definition) is 1. The van der Waals surface area contributed by atoms with Crippen molar-refractivity contribution >= 4 is 12.1 Å². The number of nitrogens with two attached hydrogens (primary N) is 1. The molecule has 2 saturated heterocycles. The minimum atomic E-state index is -0.456. The predicted molar refractivity (Wildman–Crippen MR) is 96.1 cm³/mol. The zero-order valence-corrected chi connectivity index (χ0v) is 15.6. The third kappa shape index (κ3) is 5.85. The molecule has 0 saturated carbocycles. The fourth-order valence-corrected chi connectivity index (χ4v) is 3.19. The Balaban J connectivity index is 1.76. The van der Waals surface area contributed by atoms with Crippen molar-refractivity contribution < 1.29 is 9.53 Å². The van der Waals surface area contributed by atoms with Gasteiger partial charge in [0.25, 0.3) is 0 Å². The zero-order chi connectivity index (χ0) is 17.7. The molecule has 138 valence electrons. The Bertz CT molecular complexity index is 452. The normalized spacial score (nSPS) is 24.2. The summed E-state index contributed by atoms with van der Waals surface area (Å²) in [6.07, 6.45) is 2.22. The van der Waals surface area contributed by atoms with E-state index in [1.165, 1.54) is 19.4 Å². The standard InChI is InChI=1S/C17H33N5O2/c1-17(2,3)24-16(23)22-10-8-21(9-11-22)15(18)19-12-14-6-5-7-20(4)13-14/h14H,5-13H2,1-4H3,(H2,18,19). The van der Waals surface area contributed by atoms with E-state index in [9.17, 15) is 4.79 Å². The summed E-state index contributed by atoms with van der Waals surface area (Å²) in [5.41, 5.74) is 5.69. The number of carbonyl (C=O) groups is 1. The topological polar surface area (TPSA) is 74.4 Å². The van der Waals surface area contributed by atoms with Crippen LogP contribution in [0.25, 0.3) is 0 Å². The number of rotatable bonds is 2. The van der Waals surface area contributed by atoms with Crippen molar-refractivity contribution in [3.8, 4) is 0 Å². The fourth-order valence-electron chi connectivity index (χ4n) is 3.19. The van der Waals surface area contributed by atoms with Crippen molar-refractivity contribution in [1.82, 2.24) is 14.7 Å².